The quantitative estimate of drug-likeness (QED) is 0.839. The van der Waals surface area contributed by atoms with Crippen molar-refractivity contribution in [1.29, 1.82) is 0 Å². The van der Waals surface area contributed by atoms with Crippen LogP contribution in [0.3, 0.4) is 0 Å². The van der Waals surface area contributed by atoms with Crippen LogP contribution in [0.25, 0.3) is 10.8 Å². The minimum Gasteiger partial charge on any atom is -0.321 e. The fourth-order valence-electron chi connectivity index (χ4n) is 3.91. The number of hydrogen-bond donors (Lipinski definition) is 1. The molecule has 3 rings (SSSR count). The molecule has 1 saturated carbocycles. The van der Waals surface area contributed by atoms with E-state index in [4.69, 9.17) is 5.73 Å². The molecule has 0 bridgehead atoms. The predicted molar refractivity (Wildman–Crippen MR) is 79.8 cm³/mol. The van der Waals surface area contributed by atoms with E-state index in [0.29, 0.717) is 11.8 Å². The van der Waals surface area contributed by atoms with Crippen molar-refractivity contribution in [1.82, 2.24) is 4.98 Å². The van der Waals surface area contributed by atoms with Crippen molar-refractivity contribution in [2.24, 2.45) is 17.6 Å². The van der Waals surface area contributed by atoms with Crippen LogP contribution in [0.2, 0.25) is 0 Å². The van der Waals surface area contributed by atoms with Crippen LogP contribution < -0.4 is 5.73 Å². The molecule has 0 amide bonds. The molecule has 2 nitrogen and oxygen atoms in total. The van der Waals surface area contributed by atoms with Gasteiger partial charge in [0, 0.05) is 23.3 Å². The van der Waals surface area contributed by atoms with Crippen LogP contribution in [0.1, 0.15) is 38.7 Å². The van der Waals surface area contributed by atoms with Crippen molar-refractivity contribution in [2.75, 3.05) is 0 Å². The maximum Gasteiger partial charge on any atom is 0.0436 e. The van der Waals surface area contributed by atoms with Crippen molar-refractivity contribution < 1.29 is 0 Å². The second kappa shape index (κ2) is 4.61. The monoisotopic (exact) mass is 254 g/mol. The first-order valence-corrected chi connectivity index (χ1v) is 7.20. The Labute approximate surface area is 115 Å². The second-order valence-electron chi connectivity index (χ2n) is 6.42. The van der Waals surface area contributed by atoms with E-state index in [9.17, 15) is 0 Å². The van der Waals surface area contributed by atoms with Crippen molar-refractivity contribution in [3.8, 4) is 0 Å². The lowest BCUT2D eigenvalue weighted by Crippen LogP contribution is -2.43. The number of nitrogens with two attached hydrogens (primary N) is 1. The number of benzene rings is 1. The summed E-state index contributed by atoms with van der Waals surface area (Å²) in [7, 11) is 0. The highest BCUT2D eigenvalue weighted by Gasteiger charge is 2.37. The average molecular weight is 254 g/mol. The van der Waals surface area contributed by atoms with E-state index >= 15 is 0 Å². The molecule has 0 saturated heterocycles. The first-order chi connectivity index (χ1) is 9.08. The molecule has 100 valence electrons. The molecule has 1 fully saturated rings. The van der Waals surface area contributed by atoms with Crippen molar-refractivity contribution in [3.05, 3.63) is 42.2 Å². The number of aromatic nitrogens is 1. The van der Waals surface area contributed by atoms with Gasteiger partial charge >= 0.3 is 0 Å². The largest absolute Gasteiger partial charge is 0.321 e. The SMILES string of the molecule is CC1CC(C)CC(N)(c2cncc3ccccc23)C1. The number of nitrogens with zero attached hydrogens (tertiary/aromatic N) is 1. The molecule has 1 aliphatic rings. The maximum atomic E-state index is 6.79. The van der Waals surface area contributed by atoms with Crippen molar-refractivity contribution in [2.45, 2.75) is 38.6 Å². The number of hydrogen-bond acceptors (Lipinski definition) is 2. The van der Waals surface area contributed by atoms with Crippen LogP contribution in [-0.4, -0.2) is 4.98 Å². The molecule has 2 aromatic rings. The smallest absolute Gasteiger partial charge is 0.0436 e. The Kier molecular flexibility index (Phi) is 3.06. The zero-order valence-electron chi connectivity index (χ0n) is 11.8. The lowest BCUT2D eigenvalue weighted by molar-refractivity contribution is 0.184. The first kappa shape index (κ1) is 12.6. The summed E-state index contributed by atoms with van der Waals surface area (Å²) in [5, 5.41) is 2.46. The summed E-state index contributed by atoms with van der Waals surface area (Å²) >= 11 is 0. The van der Waals surface area contributed by atoms with Crippen LogP contribution in [-0.2, 0) is 5.54 Å². The molecule has 2 heteroatoms. The average Bonchev–Trinajstić information content (AvgIpc) is 2.36. The fraction of sp³-hybridized carbons (Fsp3) is 0.471. The molecule has 0 radical (unpaired) electrons. The highest BCUT2D eigenvalue weighted by atomic mass is 14.8. The van der Waals surface area contributed by atoms with E-state index in [0.717, 1.165) is 12.8 Å². The third-order valence-electron chi connectivity index (χ3n) is 4.43. The second-order valence-corrected chi connectivity index (χ2v) is 6.42. The number of rotatable bonds is 1. The van der Waals surface area contributed by atoms with E-state index in [-0.39, 0.29) is 5.54 Å². The molecule has 0 spiro atoms. The summed E-state index contributed by atoms with van der Waals surface area (Å²) in [4.78, 5) is 4.40. The van der Waals surface area contributed by atoms with Gasteiger partial charge in [-0.1, -0.05) is 38.1 Å². The van der Waals surface area contributed by atoms with Gasteiger partial charge < -0.3 is 5.73 Å². The highest BCUT2D eigenvalue weighted by Crippen LogP contribution is 2.42. The Morgan fingerprint density at radius 1 is 1.11 bits per heavy atom. The van der Waals surface area contributed by atoms with Gasteiger partial charge in [-0.3, -0.25) is 4.98 Å². The Bertz CT molecular complexity index is 575. The molecule has 1 aromatic carbocycles. The van der Waals surface area contributed by atoms with Gasteiger partial charge in [0.1, 0.15) is 0 Å². The molecular weight excluding hydrogens is 232 g/mol. The van der Waals surface area contributed by atoms with Gasteiger partial charge in [0.25, 0.3) is 0 Å². The van der Waals surface area contributed by atoms with Crippen LogP contribution in [0.15, 0.2) is 36.7 Å². The van der Waals surface area contributed by atoms with Crippen LogP contribution in [0.4, 0.5) is 0 Å². The maximum absolute atomic E-state index is 6.79. The Morgan fingerprint density at radius 2 is 1.79 bits per heavy atom. The third-order valence-corrected chi connectivity index (χ3v) is 4.43. The zero-order chi connectivity index (χ0) is 13.5. The van der Waals surface area contributed by atoms with Gasteiger partial charge in [-0.15, -0.1) is 0 Å². The first-order valence-electron chi connectivity index (χ1n) is 7.20. The normalized spacial score (nSPS) is 31.5. The molecule has 2 N–H and O–H groups in total. The summed E-state index contributed by atoms with van der Waals surface area (Å²) < 4.78 is 0. The molecule has 1 heterocycles. The molecule has 19 heavy (non-hydrogen) atoms. The van der Waals surface area contributed by atoms with E-state index in [2.05, 4.69) is 43.1 Å². The lowest BCUT2D eigenvalue weighted by atomic mass is 9.68. The Balaban J connectivity index is 2.12. The lowest BCUT2D eigenvalue weighted by Gasteiger charge is -2.40. The van der Waals surface area contributed by atoms with E-state index in [1.54, 1.807) is 0 Å². The van der Waals surface area contributed by atoms with Crippen LogP contribution >= 0.6 is 0 Å². The van der Waals surface area contributed by atoms with Crippen LogP contribution in [0.5, 0.6) is 0 Å². The van der Waals surface area contributed by atoms with Gasteiger partial charge in [0.15, 0.2) is 0 Å². The molecule has 2 atom stereocenters. The molecule has 2 unspecified atom stereocenters. The third kappa shape index (κ3) is 2.25. The minimum absolute atomic E-state index is 0.217. The predicted octanol–water partition coefficient (Wildman–Crippen LogP) is 3.84. The summed E-state index contributed by atoms with van der Waals surface area (Å²) in [5.41, 5.74) is 7.80. The van der Waals surface area contributed by atoms with E-state index in [1.807, 2.05) is 12.4 Å². The van der Waals surface area contributed by atoms with E-state index < -0.39 is 0 Å². The number of pyridine rings is 1. The standard InChI is InChI=1S/C17H22N2/c1-12-7-13(2)9-17(18,8-12)16-11-19-10-14-5-3-4-6-15(14)16/h3-6,10-13H,7-9,18H2,1-2H3. The zero-order valence-corrected chi connectivity index (χ0v) is 11.8. The Hall–Kier alpha value is -1.41. The van der Waals surface area contributed by atoms with Crippen LogP contribution in [0, 0.1) is 11.8 Å². The van der Waals surface area contributed by atoms with Gasteiger partial charge in [0.2, 0.25) is 0 Å². The summed E-state index contributed by atoms with van der Waals surface area (Å²) in [6.07, 6.45) is 7.32. The van der Waals surface area contributed by atoms with Gasteiger partial charge in [0.05, 0.1) is 0 Å². The summed E-state index contributed by atoms with van der Waals surface area (Å²) in [6.45, 7) is 4.63. The van der Waals surface area contributed by atoms with Crippen molar-refractivity contribution >= 4 is 10.8 Å². The summed E-state index contributed by atoms with van der Waals surface area (Å²) in [5.74, 6) is 1.38. The minimum atomic E-state index is -0.217. The van der Waals surface area contributed by atoms with Gasteiger partial charge in [-0.25, -0.2) is 0 Å². The highest BCUT2D eigenvalue weighted by molar-refractivity contribution is 5.85. The van der Waals surface area contributed by atoms with Crippen molar-refractivity contribution in [3.63, 3.8) is 0 Å². The molecule has 1 aliphatic carbocycles. The Morgan fingerprint density at radius 3 is 2.53 bits per heavy atom. The van der Waals surface area contributed by atoms with Gasteiger partial charge in [-0.2, -0.15) is 0 Å². The molecule has 1 aromatic heterocycles. The topological polar surface area (TPSA) is 38.9 Å². The molecular formula is C17H22N2. The van der Waals surface area contributed by atoms with E-state index in [1.165, 1.54) is 22.8 Å². The molecule has 0 aliphatic heterocycles. The van der Waals surface area contributed by atoms with Gasteiger partial charge in [-0.05, 0) is 42.0 Å². The fourth-order valence-corrected chi connectivity index (χ4v) is 3.91. The number of fused-ring (bicyclic) bond motifs is 1. The summed E-state index contributed by atoms with van der Waals surface area (Å²) in [6, 6.07) is 8.43.